The lowest BCUT2D eigenvalue weighted by Gasteiger charge is -2.07. The number of nitrogens with one attached hydrogen (secondary N) is 2. The standard InChI is InChI=1S/C19H13Cl2N7S/c1-3-23-19-24-7-6-13(27-19)16-15(22-2)14(11-5-4-10(20)8-12(11)21)17(29-16)18-25-9-26-28-18/h4-9H,3H2,1H3,(H,23,24,27)(H,25,26,28). The summed E-state index contributed by atoms with van der Waals surface area (Å²) in [6.07, 6.45) is 3.09. The zero-order chi connectivity index (χ0) is 20.4. The van der Waals surface area contributed by atoms with Gasteiger partial charge in [0.2, 0.25) is 11.6 Å². The summed E-state index contributed by atoms with van der Waals surface area (Å²) in [5.41, 5.74) is 2.44. The lowest BCUT2D eigenvalue weighted by Crippen LogP contribution is -2.01. The molecule has 4 rings (SSSR count). The summed E-state index contributed by atoms with van der Waals surface area (Å²) >= 11 is 14.0. The second kappa shape index (κ2) is 8.17. The van der Waals surface area contributed by atoms with E-state index >= 15 is 0 Å². The van der Waals surface area contributed by atoms with Gasteiger partial charge in [0, 0.05) is 28.4 Å². The third-order valence-electron chi connectivity index (χ3n) is 4.05. The average Bonchev–Trinajstić information content (AvgIpc) is 3.36. The van der Waals surface area contributed by atoms with Gasteiger partial charge in [-0.2, -0.15) is 5.10 Å². The Labute approximate surface area is 180 Å². The first kappa shape index (κ1) is 19.3. The highest BCUT2D eigenvalue weighted by Gasteiger charge is 2.25. The van der Waals surface area contributed by atoms with Gasteiger partial charge in [-0.1, -0.05) is 29.3 Å². The number of benzene rings is 1. The number of H-pyrrole nitrogens is 1. The molecule has 1 aromatic carbocycles. The number of hydrogen-bond acceptors (Lipinski definition) is 6. The largest absolute Gasteiger partial charge is 0.354 e. The van der Waals surface area contributed by atoms with Crippen molar-refractivity contribution in [3.8, 4) is 32.4 Å². The van der Waals surface area contributed by atoms with Crippen LogP contribution in [0.4, 0.5) is 11.6 Å². The molecule has 144 valence electrons. The van der Waals surface area contributed by atoms with Crippen LogP contribution in [0.3, 0.4) is 0 Å². The monoisotopic (exact) mass is 441 g/mol. The Morgan fingerprint density at radius 3 is 2.76 bits per heavy atom. The van der Waals surface area contributed by atoms with Crippen molar-refractivity contribution in [2.45, 2.75) is 6.92 Å². The fourth-order valence-electron chi connectivity index (χ4n) is 2.85. The van der Waals surface area contributed by atoms with Crippen molar-refractivity contribution < 1.29 is 0 Å². The van der Waals surface area contributed by atoms with E-state index in [-0.39, 0.29) is 0 Å². The van der Waals surface area contributed by atoms with Gasteiger partial charge in [-0.15, -0.1) is 11.3 Å². The number of aromatic nitrogens is 5. The molecule has 3 aromatic heterocycles. The van der Waals surface area contributed by atoms with Gasteiger partial charge < -0.3 is 5.32 Å². The van der Waals surface area contributed by atoms with Crippen molar-refractivity contribution in [2.75, 3.05) is 11.9 Å². The van der Waals surface area contributed by atoms with Crippen LogP contribution in [0.2, 0.25) is 10.0 Å². The van der Waals surface area contributed by atoms with E-state index in [9.17, 15) is 0 Å². The van der Waals surface area contributed by atoms with Gasteiger partial charge in [0.05, 0.1) is 22.0 Å². The molecule has 0 saturated heterocycles. The molecular formula is C19H13Cl2N7S. The minimum absolute atomic E-state index is 0.437. The van der Waals surface area contributed by atoms with Crippen LogP contribution in [-0.4, -0.2) is 31.7 Å². The SMILES string of the molecule is [C-]#[N+]c1c(-c2ccnc(NCC)n2)sc(-c2ncn[nH]2)c1-c1ccc(Cl)cc1Cl. The first-order valence-corrected chi connectivity index (χ1v) is 10.1. The van der Waals surface area contributed by atoms with Crippen molar-refractivity contribution in [1.82, 2.24) is 25.1 Å². The molecule has 0 aliphatic rings. The second-order valence-electron chi connectivity index (χ2n) is 5.85. The highest BCUT2D eigenvalue weighted by atomic mass is 35.5. The fourth-order valence-corrected chi connectivity index (χ4v) is 4.53. The number of halogens is 2. The Morgan fingerprint density at radius 1 is 1.21 bits per heavy atom. The summed E-state index contributed by atoms with van der Waals surface area (Å²) < 4.78 is 0. The van der Waals surface area contributed by atoms with Crippen molar-refractivity contribution in [3.63, 3.8) is 0 Å². The molecule has 0 bridgehead atoms. The number of rotatable bonds is 5. The number of aromatic amines is 1. The van der Waals surface area contributed by atoms with E-state index in [0.717, 1.165) is 4.88 Å². The number of thiophene rings is 1. The molecule has 4 aromatic rings. The van der Waals surface area contributed by atoms with Crippen LogP contribution < -0.4 is 5.32 Å². The Morgan fingerprint density at radius 2 is 2.07 bits per heavy atom. The molecule has 0 saturated carbocycles. The molecule has 7 nitrogen and oxygen atoms in total. The summed E-state index contributed by atoms with van der Waals surface area (Å²) in [6.45, 7) is 10.5. The summed E-state index contributed by atoms with van der Waals surface area (Å²) in [5, 5.41) is 10.9. The molecule has 2 N–H and O–H groups in total. The number of nitrogens with zero attached hydrogens (tertiary/aromatic N) is 5. The van der Waals surface area contributed by atoms with Gasteiger partial charge in [-0.3, -0.25) is 5.10 Å². The normalized spacial score (nSPS) is 10.7. The molecular weight excluding hydrogens is 429 g/mol. The van der Waals surface area contributed by atoms with Crippen LogP contribution in [0.1, 0.15) is 6.92 Å². The van der Waals surface area contributed by atoms with Gasteiger partial charge >= 0.3 is 0 Å². The molecule has 3 heterocycles. The fraction of sp³-hybridized carbons (Fsp3) is 0.105. The van der Waals surface area contributed by atoms with E-state index in [0.29, 0.717) is 55.7 Å². The quantitative estimate of drug-likeness (QED) is 0.374. The third-order valence-corrected chi connectivity index (χ3v) is 5.80. The van der Waals surface area contributed by atoms with Gasteiger partial charge in [0.1, 0.15) is 6.33 Å². The summed E-state index contributed by atoms with van der Waals surface area (Å²) in [7, 11) is 0. The van der Waals surface area contributed by atoms with E-state index in [2.05, 4.69) is 35.3 Å². The Balaban J connectivity index is 2.00. The molecule has 0 radical (unpaired) electrons. The zero-order valence-corrected chi connectivity index (χ0v) is 17.4. The molecule has 29 heavy (non-hydrogen) atoms. The topological polar surface area (TPSA) is 83.7 Å². The van der Waals surface area contributed by atoms with Crippen LogP contribution in [-0.2, 0) is 0 Å². The molecule has 0 atom stereocenters. The molecule has 0 aliphatic carbocycles. The van der Waals surface area contributed by atoms with E-state index in [1.807, 2.05) is 6.92 Å². The van der Waals surface area contributed by atoms with Crippen molar-refractivity contribution >= 4 is 46.2 Å². The second-order valence-corrected chi connectivity index (χ2v) is 7.71. The Bertz CT molecular complexity index is 1210. The molecule has 0 amide bonds. The maximum Gasteiger partial charge on any atom is 0.223 e. The summed E-state index contributed by atoms with van der Waals surface area (Å²) in [6, 6.07) is 6.97. The first-order valence-electron chi connectivity index (χ1n) is 8.55. The third kappa shape index (κ3) is 3.68. The minimum atomic E-state index is 0.437. The molecule has 10 heteroatoms. The van der Waals surface area contributed by atoms with Crippen LogP contribution in [0.5, 0.6) is 0 Å². The van der Waals surface area contributed by atoms with Gasteiger partial charge in [-0.25, -0.2) is 19.8 Å². The molecule has 0 spiro atoms. The lowest BCUT2D eigenvalue weighted by atomic mass is 10.0. The van der Waals surface area contributed by atoms with Crippen molar-refractivity contribution in [1.29, 1.82) is 0 Å². The molecule has 0 fully saturated rings. The van der Waals surface area contributed by atoms with Crippen LogP contribution in [0.15, 0.2) is 36.8 Å². The Hall–Kier alpha value is -2.99. The Kier molecular flexibility index (Phi) is 5.45. The number of anilines is 1. The van der Waals surface area contributed by atoms with Crippen LogP contribution in [0, 0.1) is 6.57 Å². The maximum atomic E-state index is 7.87. The maximum absolute atomic E-state index is 7.87. The average molecular weight is 442 g/mol. The van der Waals surface area contributed by atoms with E-state index in [1.165, 1.54) is 17.7 Å². The van der Waals surface area contributed by atoms with Gasteiger partial charge in [0.25, 0.3) is 0 Å². The van der Waals surface area contributed by atoms with E-state index < -0.39 is 0 Å². The summed E-state index contributed by atoms with van der Waals surface area (Å²) in [5.74, 6) is 1.05. The lowest BCUT2D eigenvalue weighted by molar-refractivity contribution is 1.09. The van der Waals surface area contributed by atoms with E-state index in [4.69, 9.17) is 29.8 Å². The van der Waals surface area contributed by atoms with Crippen LogP contribution >= 0.6 is 34.5 Å². The van der Waals surface area contributed by atoms with Crippen molar-refractivity contribution in [2.24, 2.45) is 0 Å². The molecule has 0 aliphatic heterocycles. The smallest absolute Gasteiger partial charge is 0.223 e. The zero-order valence-electron chi connectivity index (χ0n) is 15.1. The van der Waals surface area contributed by atoms with E-state index in [1.54, 1.807) is 30.5 Å². The predicted molar refractivity (Wildman–Crippen MR) is 117 cm³/mol. The predicted octanol–water partition coefficient (Wildman–Crippen LogP) is 5.95. The first-order chi connectivity index (χ1) is 14.1. The van der Waals surface area contributed by atoms with Crippen LogP contribution in [0.25, 0.3) is 37.2 Å². The minimum Gasteiger partial charge on any atom is -0.354 e. The molecule has 0 unspecified atom stereocenters. The summed E-state index contributed by atoms with van der Waals surface area (Å²) in [4.78, 5) is 18.3. The highest BCUT2D eigenvalue weighted by Crippen LogP contribution is 2.52. The number of hydrogen-bond donors (Lipinski definition) is 2. The van der Waals surface area contributed by atoms with Gasteiger partial charge in [-0.05, 0) is 30.7 Å². The highest BCUT2D eigenvalue weighted by molar-refractivity contribution is 7.20. The van der Waals surface area contributed by atoms with Gasteiger partial charge in [0.15, 0.2) is 5.82 Å². The van der Waals surface area contributed by atoms with Crippen molar-refractivity contribution in [3.05, 3.63) is 58.3 Å².